The van der Waals surface area contributed by atoms with Crippen LogP contribution < -0.4 is 9.62 Å². The standard InChI is InChI=1S/C22H28N2O3S2/c1-18-7-2-3-8-20(18)17-28-15-6-13-23-22(25)19-9-11-21(12-10-19)24-14-4-5-16-29(24,26)27/h2-3,7-12H,4-6,13-17H2,1H3,(H,23,25). The summed E-state index contributed by atoms with van der Waals surface area (Å²) in [7, 11) is -3.23. The van der Waals surface area contributed by atoms with Crippen LogP contribution >= 0.6 is 11.8 Å². The first-order valence-electron chi connectivity index (χ1n) is 9.98. The van der Waals surface area contributed by atoms with Gasteiger partial charge in [-0.15, -0.1) is 0 Å². The molecule has 2 aromatic rings. The summed E-state index contributed by atoms with van der Waals surface area (Å²) in [5.41, 5.74) is 3.86. The maximum Gasteiger partial charge on any atom is 0.251 e. The van der Waals surface area contributed by atoms with E-state index in [2.05, 4.69) is 36.5 Å². The molecule has 5 nitrogen and oxygen atoms in total. The van der Waals surface area contributed by atoms with Gasteiger partial charge in [0.25, 0.3) is 5.91 Å². The predicted molar refractivity (Wildman–Crippen MR) is 121 cm³/mol. The molecule has 29 heavy (non-hydrogen) atoms. The summed E-state index contributed by atoms with van der Waals surface area (Å²) in [6.45, 7) is 3.26. The minimum Gasteiger partial charge on any atom is -0.352 e. The van der Waals surface area contributed by atoms with Crippen LogP contribution in [0.4, 0.5) is 5.69 Å². The van der Waals surface area contributed by atoms with Gasteiger partial charge < -0.3 is 5.32 Å². The number of sulfonamides is 1. The molecule has 2 aromatic carbocycles. The van der Waals surface area contributed by atoms with Crippen molar-refractivity contribution in [2.24, 2.45) is 0 Å². The van der Waals surface area contributed by atoms with Crippen LogP contribution in [0.3, 0.4) is 0 Å². The van der Waals surface area contributed by atoms with Gasteiger partial charge in [-0.3, -0.25) is 9.10 Å². The third kappa shape index (κ3) is 6.00. The fourth-order valence-electron chi connectivity index (χ4n) is 3.29. The number of amides is 1. The van der Waals surface area contributed by atoms with Crippen LogP contribution in [0.5, 0.6) is 0 Å². The van der Waals surface area contributed by atoms with Crippen LogP contribution in [-0.2, 0) is 15.8 Å². The molecule has 156 valence electrons. The molecule has 1 saturated heterocycles. The highest BCUT2D eigenvalue weighted by molar-refractivity contribution is 7.98. The predicted octanol–water partition coefficient (Wildman–Crippen LogP) is 3.98. The van der Waals surface area contributed by atoms with E-state index in [-0.39, 0.29) is 11.7 Å². The van der Waals surface area contributed by atoms with Crippen molar-refractivity contribution in [3.63, 3.8) is 0 Å². The second-order valence-electron chi connectivity index (χ2n) is 7.23. The summed E-state index contributed by atoms with van der Waals surface area (Å²) < 4.78 is 25.8. The van der Waals surface area contributed by atoms with E-state index in [4.69, 9.17) is 0 Å². The SMILES string of the molecule is Cc1ccccc1CSCCCNC(=O)c1ccc(N2CCCCS2(=O)=O)cc1. The second kappa shape index (κ2) is 10.2. The molecule has 1 N–H and O–H groups in total. The largest absolute Gasteiger partial charge is 0.352 e. The van der Waals surface area contributed by atoms with E-state index >= 15 is 0 Å². The number of hydrogen-bond donors (Lipinski definition) is 1. The molecule has 0 bridgehead atoms. The molecule has 1 amide bonds. The molecular formula is C22H28N2O3S2. The fourth-order valence-corrected chi connectivity index (χ4v) is 5.97. The molecule has 0 radical (unpaired) electrons. The number of carbonyl (C=O) groups excluding carboxylic acids is 1. The number of rotatable bonds is 8. The number of hydrogen-bond acceptors (Lipinski definition) is 4. The van der Waals surface area contributed by atoms with Crippen LogP contribution in [-0.4, -0.2) is 38.9 Å². The quantitative estimate of drug-likeness (QED) is 0.641. The number of thioether (sulfide) groups is 1. The van der Waals surface area contributed by atoms with Gasteiger partial charge in [0.2, 0.25) is 10.0 Å². The molecule has 0 aliphatic carbocycles. The summed E-state index contributed by atoms with van der Waals surface area (Å²) in [4.78, 5) is 12.3. The first-order chi connectivity index (χ1) is 14.0. The van der Waals surface area contributed by atoms with Crippen LogP contribution in [0.15, 0.2) is 48.5 Å². The van der Waals surface area contributed by atoms with Crippen molar-refractivity contribution in [1.29, 1.82) is 0 Å². The van der Waals surface area contributed by atoms with Gasteiger partial charge in [-0.05, 0) is 67.3 Å². The average molecular weight is 433 g/mol. The van der Waals surface area contributed by atoms with Crippen LogP contribution in [0, 0.1) is 6.92 Å². The highest BCUT2D eigenvalue weighted by Crippen LogP contribution is 2.23. The Balaban J connectivity index is 1.41. The lowest BCUT2D eigenvalue weighted by Gasteiger charge is -2.28. The zero-order valence-corrected chi connectivity index (χ0v) is 18.4. The van der Waals surface area contributed by atoms with Gasteiger partial charge in [-0.2, -0.15) is 11.8 Å². The van der Waals surface area contributed by atoms with Crippen molar-refractivity contribution in [3.8, 4) is 0 Å². The number of nitrogens with one attached hydrogen (secondary N) is 1. The van der Waals surface area contributed by atoms with Gasteiger partial charge in [-0.1, -0.05) is 24.3 Å². The maximum atomic E-state index is 12.3. The van der Waals surface area contributed by atoms with Crippen molar-refractivity contribution < 1.29 is 13.2 Å². The van der Waals surface area contributed by atoms with E-state index < -0.39 is 10.0 Å². The zero-order chi connectivity index (χ0) is 20.7. The fraction of sp³-hybridized carbons (Fsp3) is 0.409. The van der Waals surface area contributed by atoms with Crippen LogP contribution in [0.1, 0.15) is 40.7 Å². The van der Waals surface area contributed by atoms with E-state index in [0.717, 1.165) is 24.3 Å². The zero-order valence-electron chi connectivity index (χ0n) is 16.8. The van der Waals surface area contributed by atoms with E-state index in [1.807, 2.05) is 11.8 Å². The molecule has 1 aliphatic heterocycles. The average Bonchev–Trinajstić information content (AvgIpc) is 2.71. The summed E-state index contributed by atoms with van der Waals surface area (Å²) in [6.07, 6.45) is 2.48. The Morgan fingerprint density at radius 3 is 2.59 bits per heavy atom. The topological polar surface area (TPSA) is 66.5 Å². The number of benzene rings is 2. The van der Waals surface area contributed by atoms with Gasteiger partial charge >= 0.3 is 0 Å². The van der Waals surface area contributed by atoms with Crippen molar-refractivity contribution in [3.05, 3.63) is 65.2 Å². The van der Waals surface area contributed by atoms with Gasteiger partial charge in [0.05, 0.1) is 11.4 Å². The lowest BCUT2D eigenvalue weighted by Crippen LogP contribution is -2.37. The Labute approximate surface area is 177 Å². The maximum absolute atomic E-state index is 12.3. The van der Waals surface area contributed by atoms with E-state index in [0.29, 0.717) is 30.8 Å². The molecule has 0 unspecified atom stereocenters. The molecule has 3 rings (SSSR count). The first-order valence-corrected chi connectivity index (χ1v) is 12.7. The highest BCUT2D eigenvalue weighted by atomic mass is 32.2. The molecule has 0 aromatic heterocycles. The molecule has 1 fully saturated rings. The van der Waals surface area contributed by atoms with Gasteiger partial charge in [0.15, 0.2) is 0 Å². The van der Waals surface area contributed by atoms with Crippen LogP contribution in [0.2, 0.25) is 0 Å². The summed E-state index contributed by atoms with van der Waals surface area (Å²) in [5.74, 6) is 2.04. The van der Waals surface area contributed by atoms with Crippen molar-refractivity contribution in [2.45, 2.75) is 31.9 Å². The van der Waals surface area contributed by atoms with Crippen molar-refractivity contribution in [1.82, 2.24) is 5.32 Å². The summed E-state index contributed by atoms with van der Waals surface area (Å²) in [5, 5.41) is 2.94. The molecule has 0 saturated carbocycles. The van der Waals surface area contributed by atoms with E-state index in [9.17, 15) is 13.2 Å². The molecule has 0 atom stereocenters. The number of anilines is 1. The van der Waals surface area contributed by atoms with Gasteiger partial charge in [0, 0.05) is 24.4 Å². The Morgan fingerprint density at radius 2 is 1.86 bits per heavy atom. The van der Waals surface area contributed by atoms with Crippen LogP contribution in [0.25, 0.3) is 0 Å². The normalized spacial score (nSPS) is 15.8. The summed E-state index contributed by atoms with van der Waals surface area (Å²) in [6, 6.07) is 15.2. The molecular weight excluding hydrogens is 404 g/mol. The summed E-state index contributed by atoms with van der Waals surface area (Å²) >= 11 is 1.87. The van der Waals surface area contributed by atoms with Crippen molar-refractivity contribution >= 4 is 33.4 Å². The van der Waals surface area contributed by atoms with Gasteiger partial charge in [-0.25, -0.2) is 8.42 Å². The third-order valence-electron chi connectivity index (χ3n) is 5.04. The first kappa shape index (κ1) is 21.7. The number of aryl methyl sites for hydroxylation is 1. The molecule has 7 heteroatoms. The highest BCUT2D eigenvalue weighted by Gasteiger charge is 2.25. The Kier molecular flexibility index (Phi) is 7.61. The van der Waals surface area contributed by atoms with Crippen molar-refractivity contribution in [2.75, 3.05) is 28.9 Å². The second-order valence-corrected chi connectivity index (χ2v) is 10.3. The molecule has 0 spiro atoms. The van der Waals surface area contributed by atoms with E-state index in [1.165, 1.54) is 15.4 Å². The Morgan fingerprint density at radius 1 is 1.10 bits per heavy atom. The Hall–Kier alpha value is -1.99. The van der Waals surface area contributed by atoms with Gasteiger partial charge in [0.1, 0.15) is 0 Å². The molecule has 1 aliphatic rings. The number of carbonyl (C=O) groups is 1. The minimum absolute atomic E-state index is 0.123. The monoisotopic (exact) mass is 432 g/mol. The number of nitrogens with zero attached hydrogens (tertiary/aromatic N) is 1. The third-order valence-corrected chi connectivity index (χ3v) is 8.00. The lowest BCUT2D eigenvalue weighted by molar-refractivity contribution is 0.0954. The smallest absolute Gasteiger partial charge is 0.251 e. The van der Waals surface area contributed by atoms with E-state index in [1.54, 1.807) is 24.3 Å². The Bertz CT molecular complexity index is 927. The lowest BCUT2D eigenvalue weighted by atomic mass is 10.1. The molecule has 1 heterocycles. The minimum atomic E-state index is -3.23.